The summed E-state index contributed by atoms with van der Waals surface area (Å²) >= 11 is 0. The van der Waals surface area contributed by atoms with E-state index in [0.29, 0.717) is 18.6 Å². The zero-order valence-corrected chi connectivity index (χ0v) is 10.3. The molecule has 0 amide bonds. The Morgan fingerprint density at radius 3 is 2.80 bits per heavy atom. The number of piperidine rings is 1. The summed E-state index contributed by atoms with van der Waals surface area (Å²) in [6.07, 6.45) is 2.21. The molecule has 90 valence electrons. The maximum absolute atomic E-state index is 9.74. The number of hydrogen-bond donors (Lipinski definition) is 1. The molecule has 1 heterocycles. The van der Waals surface area contributed by atoms with Gasteiger partial charge in [0.05, 0.1) is 12.7 Å². The van der Waals surface area contributed by atoms with Crippen LogP contribution in [0, 0.1) is 5.41 Å². The first kappa shape index (κ1) is 12.9. The lowest BCUT2D eigenvalue weighted by Gasteiger charge is -2.38. The van der Waals surface area contributed by atoms with Gasteiger partial charge in [-0.3, -0.25) is 0 Å². The fourth-order valence-electron chi connectivity index (χ4n) is 2.31. The maximum Gasteiger partial charge on any atom is 0.0900 e. The second-order valence-electron chi connectivity index (χ2n) is 5.32. The molecule has 0 saturated carbocycles. The van der Waals surface area contributed by atoms with Gasteiger partial charge in [0.25, 0.3) is 0 Å². The zero-order valence-electron chi connectivity index (χ0n) is 10.3. The van der Waals surface area contributed by atoms with E-state index >= 15 is 0 Å². The molecule has 0 bridgehead atoms. The van der Waals surface area contributed by atoms with Crippen molar-refractivity contribution in [3.8, 4) is 0 Å². The lowest BCUT2D eigenvalue weighted by molar-refractivity contribution is 0.00514. The fourth-order valence-corrected chi connectivity index (χ4v) is 2.31. The number of ether oxygens (including phenoxy) is 1. The molecule has 1 saturated heterocycles. The quantitative estimate of drug-likeness (QED) is 0.754. The van der Waals surface area contributed by atoms with Crippen molar-refractivity contribution in [3.63, 3.8) is 0 Å². The van der Waals surface area contributed by atoms with E-state index in [1.165, 1.54) is 12.8 Å². The van der Waals surface area contributed by atoms with Crippen LogP contribution < -0.4 is 0 Å². The normalized spacial score (nSPS) is 24.0. The van der Waals surface area contributed by atoms with Gasteiger partial charge >= 0.3 is 0 Å². The second kappa shape index (κ2) is 5.83. The van der Waals surface area contributed by atoms with Crippen molar-refractivity contribution in [2.24, 2.45) is 5.41 Å². The summed E-state index contributed by atoms with van der Waals surface area (Å²) in [6.45, 7) is 10.7. The van der Waals surface area contributed by atoms with E-state index in [1.807, 2.05) is 6.92 Å². The topological polar surface area (TPSA) is 32.7 Å². The van der Waals surface area contributed by atoms with Crippen LogP contribution in [-0.2, 0) is 4.74 Å². The summed E-state index contributed by atoms with van der Waals surface area (Å²) in [5.74, 6) is 0. The van der Waals surface area contributed by atoms with E-state index in [-0.39, 0.29) is 6.10 Å². The van der Waals surface area contributed by atoms with Gasteiger partial charge in [-0.1, -0.05) is 13.8 Å². The molecular formula is C12H25NO2. The van der Waals surface area contributed by atoms with Crippen LogP contribution in [0.1, 0.15) is 33.6 Å². The number of hydrogen-bond acceptors (Lipinski definition) is 3. The minimum absolute atomic E-state index is 0.334. The Kier molecular flexibility index (Phi) is 5.03. The van der Waals surface area contributed by atoms with Gasteiger partial charge in [-0.2, -0.15) is 0 Å². The Morgan fingerprint density at radius 1 is 1.47 bits per heavy atom. The minimum Gasteiger partial charge on any atom is -0.389 e. The number of nitrogens with zero attached hydrogens (tertiary/aromatic N) is 1. The van der Waals surface area contributed by atoms with Crippen molar-refractivity contribution < 1.29 is 9.84 Å². The van der Waals surface area contributed by atoms with Crippen LogP contribution >= 0.6 is 0 Å². The molecule has 1 rings (SSSR count). The van der Waals surface area contributed by atoms with Gasteiger partial charge in [0, 0.05) is 19.7 Å². The van der Waals surface area contributed by atoms with Gasteiger partial charge in [-0.05, 0) is 31.7 Å². The van der Waals surface area contributed by atoms with Crippen molar-refractivity contribution in [1.82, 2.24) is 4.90 Å². The highest BCUT2D eigenvalue weighted by atomic mass is 16.5. The fraction of sp³-hybridized carbons (Fsp3) is 1.00. The largest absolute Gasteiger partial charge is 0.389 e. The molecule has 1 aliphatic rings. The first-order valence-corrected chi connectivity index (χ1v) is 6.01. The molecule has 3 heteroatoms. The van der Waals surface area contributed by atoms with Crippen LogP contribution in [0.15, 0.2) is 0 Å². The Hall–Kier alpha value is -0.120. The van der Waals surface area contributed by atoms with Crippen LogP contribution in [0.4, 0.5) is 0 Å². The number of likely N-dealkylation sites (tertiary alicyclic amines) is 1. The van der Waals surface area contributed by atoms with Crippen molar-refractivity contribution in [1.29, 1.82) is 0 Å². The minimum atomic E-state index is -0.334. The monoisotopic (exact) mass is 215 g/mol. The molecule has 1 unspecified atom stereocenters. The van der Waals surface area contributed by atoms with Gasteiger partial charge in [0.1, 0.15) is 0 Å². The van der Waals surface area contributed by atoms with Crippen LogP contribution in [0.5, 0.6) is 0 Å². The molecule has 1 aliphatic heterocycles. The Bertz CT molecular complexity index is 182. The number of β-amino-alcohol motifs (C(OH)–C–C–N with tert-alkyl or cyclic N) is 1. The van der Waals surface area contributed by atoms with Gasteiger partial charge in [-0.15, -0.1) is 0 Å². The van der Waals surface area contributed by atoms with Crippen molar-refractivity contribution >= 4 is 0 Å². The maximum atomic E-state index is 9.74. The average molecular weight is 215 g/mol. The summed E-state index contributed by atoms with van der Waals surface area (Å²) < 4.78 is 5.21. The van der Waals surface area contributed by atoms with Crippen LogP contribution in [0.25, 0.3) is 0 Å². The second-order valence-corrected chi connectivity index (χ2v) is 5.32. The van der Waals surface area contributed by atoms with Crippen LogP contribution in [0.2, 0.25) is 0 Å². The van der Waals surface area contributed by atoms with Crippen molar-refractivity contribution in [2.45, 2.75) is 39.7 Å². The first-order valence-electron chi connectivity index (χ1n) is 6.01. The first-order chi connectivity index (χ1) is 7.03. The number of rotatable bonds is 5. The highest BCUT2D eigenvalue weighted by Crippen LogP contribution is 2.28. The van der Waals surface area contributed by atoms with Gasteiger partial charge in [0.15, 0.2) is 0 Å². The summed E-state index contributed by atoms with van der Waals surface area (Å²) in [7, 11) is 0. The Balaban J connectivity index is 2.25. The smallest absolute Gasteiger partial charge is 0.0900 e. The third kappa shape index (κ3) is 4.96. The van der Waals surface area contributed by atoms with Crippen LogP contribution in [0.3, 0.4) is 0 Å². The van der Waals surface area contributed by atoms with Gasteiger partial charge in [0.2, 0.25) is 0 Å². The molecule has 0 aliphatic carbocycles. The zero-order chi connectivity index (χ0) is 11.3. The molecule has 1 N–H and O–H groups in total. The SMILES string of the molecule is CCOCC(O)CN1CCCC(C)(C)C1. The van der Waals surface area contributed by atoms with Gasteiger partial charge in [-0.25, -0.2) is 0 Å². The number of aliphatic hydroxyl groups excluding tert-OH is 1. The molecule has 0 aromatic carbocycles. The third-order valence-electron chi connectivity index (χ3n) is 2.96. The molecule has 1 fully saturated rings. The highest BCUT2D eigenvalue weighted by Gasteiger charge is 2.27. The molecule has 1 atom stereocenters. The van der Waals surface area contributed by atoms with E-state index < -0.39 is 0 Å². The summed E-state index contributed by atoms with van der Waals surface area (Å²) in [5, 5.41) is 9.74. The summed E-state index contributed by atoms with van der Waals surface area (Å²) in [5.41, 5.74) is 0.406. The Labute approximate surface area is 93.4 Å². The van der Waals surface area contributed by atoms with E-state index in [0.717, 1.165) is 19.6 Å². The Morgan fingerprint density at radius 2 is 2.20 bits per heavy atom. The predicted octanol–water partition coefficient (Wildman–Crippen LogP) is 1.51. The predicted molar refractivity (Wildman–Crippen MR) is 62.0 cm³/mol. The lowest BCUT2D eigenvalue weighted by atomic mass is 9.84. The van der Waals surface area contributed by atoms with E-state index in [4.69, 9.17) is 4.74 Å². The van der Waals surface area contributed by atoms with Crippen molar-refractivity contribution in [3.05, 3.63) is 0 Å². The van der Waals surface area contributed by atoms with E-state index in [1.54, 1.807) is 0 Å². The average Bonchev–Trinajstić information content (AvgIpc) is 2.13. The molecule has 0 spiro atoms. The molecule has 15 heavy (non-hydrogen) atoms. The summed E-state index contributed by atoms with van der Waals surface area (Å²) in [6, 6.07) is 0. The number of aliphatic hydroxyl groups is 1. The molecule has 0 radical (unpaired) electrons. The lowest BCUT2D eigenvalue weighted by Crippen LogP contribution is -2.44. The molecule has 0 aromatic heterocycles. The molecule has 0 aromatic rings. The van der Waals surface area contributed by atoms with Crippen molar-refractivity contribution in [2.75, 3.05) is 32.8 Å². The molecule has 3 nitrogen and oxygen atoms in total. The van der Waals surface area contributed by atoms with E-state index in [2.05, 4.69) is 18.7 Å². The van der Waals surface area contributed by atoms with Gasteiger partial charge < -0.3 is 14.7 Å². The van der Waals surface area contributed by atoms with E-state index in [9.17, 15) is 5.11 Å². The molecular weight excluding hydrogens is 190 g/mol. The highest BCUT2D eigenvalue weighted by molar-refractivity contribution is 4.80. The standard InChI is InChI=1S/C12H25NO2/c1-4-15-9-11(14)8-13-7-5-6-12(2,3)10-13/h11,14H,4-10H2,1-3H3. The van der Waals surface area contributed by atoms with Crippen LogP contribution in [-0.4, -0.2) is 49.0 Å². The summed E-state index contributed by atoms with van der Waals surface area (Å²) in [4.78, 5) is 2.35. The third-order valence-corrected chi connectivity index (χ3v) is 2.96.